The minimum absolute atomic E-state index is 0.0778. The van der Waals surface area contributed by atoms with Gasteiger partial charge >= 0.3 is 0 Å². The van der Waals surface area contributed by atoms with Gasteiger partial charge in [-0.3, -0.25) is 14.4 Å². The lowest BCUT2D eigenvalue weighted by atomic mass is 10.1. The zero-order valence-corrected chi connectivity index (χ0v) is 16.6. The molecule has 0 aliphatic carbocycles. The maximum Gasteiger partial charge on any atom is 0.259 e. The molecule has 1 saturated heterocycles. The highest BCUT2D eigenvalue weighted by atomic mass is 35.5. The van der Waals surface area contributed by atoms with Crippen molar-refractivity contribution in [3.8, 4) is 0 Å². The number of carbonyl (C=O) groups is 1. The van der Waals surface area contributed by atoms with Gasteiger partial charge in [0.2, 0.25) is 0 Å². The van der Waals surface area contributed by atoms with E-state index in [1.54, 1.807) is 24.7 Å². The SMILES string of the molecule is CCN1CCC[C@H]1CN(Cc1nn(C)cc1Cl)C(=O)c1c(C)noc1C. The van der Waals surface area contributed by atoms with Crippen LogP contribution in [0.1, 0.15) is 47.3 Å². The molecule has 1 amide bonds. The van der Waals surface area contributed by atoms with Crippen molar-refractivity contribution in [2.75, 3.05) is 19.6 Å². The van der Waals surface area contributed by atoms with Gasteiger partial charge in [0.05, 0.1) is 17.3 Å². The van der Waals surface area contributed by atoms with Crippen molar-refractivity contribution in [2.45, 2.75) is 46.2 Å². The minimum Gasteiger partial charge on any atom is -0.361 e. The van der Waals surface area contributed by atoms with Gasteiger partial charge in [0, 0.05) is 25.8 Å². The second kappa shape index (κ2) is 7.80. The summed E-state index contributed by atoms with van der Waals surface area (Å²) in [6.07, 6.45) is 4.01. The molecule has 7 nitrogen and oxygen atoms in total. The molecule has 3 rings (SSSR count). The highest BCUT2D eigenvalue weighted by Crippen LogP contribution is 2.23. The molecule has 1 aliphatic heterocycles. The van der Waals surface area contributed by atoms with Gasteiger partial charge in [0.15, 0.2) is 0 Å². The molecule has 8 heteroatoms. The topological polar surface area (TPSA) is 67.4 Å². The predicted octanol–water partition coefficient (Wildman–Crippen LogP) is 2.81. The average molecular weight is 380 g/mol. The molecule has 0 unspecified atom stereocenters. The van der Waals surface area contributed by atoms with Crippen LogP contribution in [0.15, 0.2) is 10.7 Å². The second-order valence-corrected chi connectivity index (χ2v) is 7.31. The number of aromatic nitrogens is 3. The van der Waals surface area contributed by atoms with Gasteiger partial charge in [-0.15, -0.1) is 0 Å². The van der Waals surface area contributed by atoms with Crippen molar-refractivity contribution in [3.63, 3.8) is 0 Å². The summed E-state index contributed by atoms with van der Waals surface area (Å²) in [4.78, 5) is 17.5. The van der Waals surface area contributed by atoms with E-state index in [9.17, 15) is 4.79 Å². The zero-order chi connectivity index (χ0) is 18.8. The predicted molar refractivity (Wildman–Crippen MR) is 99.2 cm³/mol. The Balaban J connectivity index is 1.88. The first-order valence-corrected chi connectivity index (χ1v) is 9.42. The smallest absolute Gasteiger partial charge is 0.259 e. The van der Waals surface area contributed by atoms with Crippen LogP contribution in [0.2, 0.25) is 5.02 Å². The lowest BCUT2D eigenvalue weighted by Crippen LogP contribution is -2.43. The molecule has 3 heterocycles. The summed E-state index contributed by atoms with van der Waals surface area (Å²) in [6, 6.07) is 0.354. The number of amides is 1. The molecule has 0 N–H and O–H groups in total. The van der Waals surface area contributed by atoms with E-state index >= 15 is 0 Å². The summed E-state index contributed by atoms with van der Waals surface area (Å²) in [5.74, 6) is 0.467. The third-order valence-electron chi connectivity index (χ3n) is 5.07. The first-order valence-electron chi connectivity index (χ1n) is 9.04. The molecule has 0 saturated carbocycles. The number of likely N-dealkylation sites (tertiary alicyclic amines) is 1. The second-order valence-electron chi connectivity index (χ2n) is 6.91. The highest BCUT2D eigenvalue weighted by molar-refractivity contribution is 6.31. The number of rotatable bonds is 6. The van der Waals surface area contributed by atoms with E-state index in [0.717, 1.165) is 25.9 Å². The summed E-state index contributed by atoms with van der Waals surface area (Å²) in [5, 5.41) is 8.92. The van der Waals surface area contributed by atoms with Crippen LogP contribution in [0.4, 0.5) is 0 Å². The molecule has 1 aliphatic rings. The molecular weight excluding hydrogens is 354 g/mol. The van der Waals surface area contributed by atoms with Crippen LogP contribution >= 0.6 is 11.6 Å². The van der Waals surface area contributed by atoms with Crippen LogP contribution in [0.5, 0.6) is 0 Å². The highest BCUT2D eigenvalue weighted by Gasteiger charge is 2.30. The Morgan fingerprint density at radius 1 is 1.46 bits per heavy atom. The van der Waals surface area contributed by atoms with E-state index in [2.05, 4.69) is 22.1 Å². The van der Waals surface area contributed by atoms with Crippen LogP contribution in [0.25, 0.3) is 0 Å². The quantitative estimate of drug-likeness (QED) is 0.772. The Kier molecular flexibility index (Phi) is 5.67. The van der Waals surface area contributed by atoms with E-state index in [0.29, 0.717) is 46.9 Å². The number of carbonyl (C=O) groups excluding carboxylic acids is 1. The van der Waals surface area contributed by atoms with Gasteiger partial charge in [-0.05, 0) is 39.8 Å². The number of aryl methyl sites for hydroxylation is 3. The van der Waals surface area contributed by atoms with Gasteiger partial charge < -0.3 is 9.42 Å². The number of likely N-dealkylation sites (N-methyl/N-ethyl adjacent to an activating group) is 1. The van der Waals surface area contributed by atoms with Gasteiger partial charge in [0.25, 0.3) is 5.91 Å². The van der Waals surface area contributed by atoms with Gasteiger partial charge in [-0.2, -0.15) is 5.10 Å². The normalized spacial score (nSPS) is 17.8. The van der Waals surface area contributed by atoms with E-state index < -0.39 is 0 Å². The van der Waals surface area contributed by atoms with Crippen LogP contribution in [-0.2, 0) is 13.6 Å². The molecule has 1 atom stereocenters. The molecule has 2 aromatic heterocycles. The molecule has 0 radical (unpaired) electrons. The van der Waals surface area contributed by atoms with Crippen molar-refractivity contribution in [3.05, 3.63) is 33.9 Å². The third-order valence-corrected chi connectivity index (χ3v) is 5.38. The van der Waals surface area contributed by atoms with Gasteiger partial charge in [0.1, 0.15) is 17.0 Å². The van der Waals surface area contributed by atoms with Crippen molar-refractivity contribution in [2.24, 2.45) is 7.05 Å². The molecule has 2 aromatic rings. The molecule has 0 aromatic carbocycles. The summed E-state index contributed by atoms with van der Waals surface area (Å²) in [7, 11) is 1.83. The monoisotopic (exact) mass is 379 g/mol. The average Bonchev–Trinajstić information content (AvgIpc) is 3.26. The largest absolute Gasteiger partial charge is 0.361 e. The van der Waals surface area contributed by atoms with Crippen molar-refractivity contribution >= 4 is 17.5 Å². The van der Waals surface area contributed by atoms with Crippen molar-refractivity contribution in [1.29, 1.82) is 0 Å². The van der Waals surface area contributed by atoms with E-state index in [1.807, 2.05) is 11.9 Å². The fourth-order valence-corrected chi connectivity index (χ4v) is 3.97. The van der Waals surface area contributed by atoms with Gasteiger partial charge in [-0.25, -0.2) is 0 Å². The van der Waals surface area contributed by atoms with Crippen LogP contribution in [-0.4, -0.2) is 56.3 Å². The Morgan fingerprint density at radius 2 is 2.23 bits per heavy atom. The third kappa shape index (κ3) is 3.78. The summed E-state index contributed by atoms with van der Waals surface area (Å²) >= 11 is 6.29. The van der Waals surface area contributed by atoms with Gasteiger partial charge in [-0.1, -0.05) is 23.7 Å². The van der Waals surface area contributed by atoms with Crippen LogP contribution in [0.3, 0.4) is 0 Å². The summed E-state index contributed by atoms with van der Waals surface area (Å²) < 4.78 is 6.87. The van der Waals surface area contributed by atoms with Crippen molar-refractivity contribution < 1.29 is 9.32 Å². The molecule has 0 bridgehead atoms. The zero-order valence-electron chi connectivity index (χ0n) is 15.8. The Bertz CT molecular complexity index is 765. The number of hydrogen-bond donors (Lipinski definition) is 0. The van der Waals surface area contributed by atoms with E-state index in [1.165, 1.54) is 0 Å². The van der Waals surface area contributed by atoms with Crippen molar-refractivity contribution in [1.82, 2.24) is 24.7 Å². The van der Waals surface area contributed by atoms with Crippen LogP contribution < -0.4 is 0 Å². The number of hydrogen-bond acceptors (Lipinski definition) is 5. The lowest BCUT2D eigenvalue weighted by molar-refractivity contribution is 0.0687. The number of nitrogens with zero attached hydrogens (tertiary/aromatic N) is 5. The van der Waals surface area contributed by atoms with E-state index in [-0.39, 0.29) is 5.91 Å². The molecule has 0 spiro atoms. The fraction of sp³-hybridized carbons (Fsp3) is 0.611. The summed E-state index contributed by atoms with van der Waals surface area (Å²) in [5.41, 5.74) is 1.86. The summed E-state index contributed by atoms with van der Waals surface area (Å²) in [6.45, 7) is 8.81. The number of halogens is 1. The minimum atomic E-state index is -0.0778. The Hall–Kier alpha value is -1.86. The lowest BCUT2D eigenvalue weighted by Gasteiger charge is -2.30. The maximum absolute atomic E-state index is 13.3. The molecule has 142 valence electrons. The molecule has 1 fully saturated rings. The first-order chi connectivity index (χ1) is 12.4. The molecule has 26 heavy (non-hydrogen) atoms. The standard InChI is InChI=1S/C18H26ClN5O2/c1-5-23-8-6-7-14(23)9-24(11-16-15(19)10-22(4)20-16)18(25)17-12(2)21-26-13(17)3/h10,14H,5-9,11H2,1-4H3/t14-/m0/s1. The van der Waals surface area contributed by atoms with Crippen LogP contribution in [0, 0.1) is 13.8 Å². The molecular formula is C18H26ClN5O2. The fourth-order valence-electron chi connectivity index (χ4n) is 3.73. The Labute approximate surface area is 158 Å². The Morgan fingerprint density at radius 3 is 2.81 bits per heavy atom. The van der Waals surface area contributed by atoms with E-state index in [4.69, 9.17) is 16.1 Å². The maximum atomic E-state index is 13.3. The first kappa shape index (κ1) is 18.9.